The van der Waals surface area contributed by atoms with Crippen molar-refractivity contribution in [3.05, 3.63) is 0 Å². The zero-order valence-electron chi connectivity index (χ0n) is 12.5. The van der Waals surface area contributed by atoms with Crippen LogP contribution in [0.4, 0.5) is 0 Å². The number of halogens is 1. The van der Waals surface area contributed by atoms with E-state index >= 15 is 0 Å². The summed E-state index contributed by atoms with van der Waals surface area (Å²) in [4.78, 5) is 14.5. The highest BCUT2D eigenvalue weighted by molar-refractivity contribution is 5.85. The van der Waals surface area contributed by atoms with Crippen molar-refractivity contribution < 1.29 is 9.53 Å². The third-order valence-electron chi connectivity index (χ3n) is 5.01. The molecule has 3 rings (SSSR count). The van der Waals surface area contributed by atoms with Crippen molar-refractivity contribution in [3.63, 3.8) is 0 Å². The molecular weight excluding hydrogens is 276 g/mol. The molecule has 20 heavy (non-hydrogen) atoms. The van der Waals surface area contributed by atoms with Crippen LogP contribution in [-0.4, -0.2) is 48.7 Å². The Labute approximate surface area is 128 Å². The highest BCUT2D eigenvalue weighted by Gasteiger charge is 2.39. The summed E-state index contributed by atoms with van der Waals surface area (Å²) in [5.74, 6) is 1.17. The predicted molar refractivity (Wildman–Crippen MR) is 81.1 cm³/mol. The molecule has 3 aliphatic rings. The number of carbonyl (C=O) groups is 1. The molecule has 0 radical (unpaired) electrons. The second-order valence-electron chi connectivity index (χ2n) is 6.79. The van der Waals surface area contributed by atoms with E-state index in [1.54, 1.807) is 0 Å². The van der Waals surface area contributed by atoms with Crippen LogP contribution in [0.5, 0.6) is 0 Å². The Balaban J connectivity index is 0.00000147. The molecule has 1 amide bonds. The molecule has 0 bridgehead atoms. The van der Waals surface area contributed by atoms with Crippen LogP contribution in [0, 0.1) is 11.8 Å². The van der Waals surface area contributed by atoms with Gasteiger partial charge < -0.3 is 10.1 Å². The molecule has 1 aliphatic carbocycles. The lowest BCUT2D eigenvalue weighted by molar-refractivity contribution is -0.128. The van der Waals surface area contributed by atoms with Crippen molar-refractivity contribution in [3.8, 4) is 0 Å². The summed E-state index contributed by atoms with van der Waals surface area (Å²) in [5, 5.41) is 3.25. The van der Waals surface area contributed by atoms with E-state index in [4.69, 9.17) is 4.74 Å². The maximum atomic E-state index is 12.0. The van der Waals surface area contributed by atoms with Gasteiger partial charge in [-0.05, 0) is 25.2 Å². The summed E-state index contributed by atoms with van der Waals surface area (Å²) < 4.78 is 5.93. The van der Waals surface area contributed by atoms with Crippen LogP contribution in [0.15, 0.2) is 0 Å². The van der Waals surface area contributed by atoms with Crippen LogP contribution in [0.1, 0.15) is 39.5 Å². The number of fused-ring (bicyclic) bond motifs is 1. The Morgan fingerprint density at radius 2 is 2.05 bits per heavy atom. The maximum absolute atomic E-state index is 12.0. The van der Waals surface area contributed by atoms with E-state index in [2.05, 4.69) is 24.1 Å². The van der Waals surface area contributed by atoms with Crippen LogP contribution in [0.25, 0.3) is 0 Å². The number of nitrogens with one attached hydrogen (secondary N) is 1. The van der Waals surface area contributed by atoms with Gasteiger partial charge in [0.25, 0.3) is 0 Å². The summed E-state index contributed by atoms with van der Waals surface area (Å²) in [5.41, 5.74) is 0. The molecule has 4 nitrogen and oxygen atoms in total. The molecule has 3 fully saturated rings. The number of carbonyl (C=O) groups excluding carboxylic acids is 1. The Hall–Kier alpha value is -0.320. The van der Waals surface area contributed by atoms with Crippen molar-refractivity contribution >= 4 is 18.3 Å². The van der Waals surface area contributed by atoms with Crippen molar-refractivity contribution in [2.45, 2.75) is 57.7 Å². The molecule has 0 spiro atoms. The SMILES string of the molecule is CC(C)[C@@H]1CN2C[C@@H](NC(=O)C3CCC3)C[C@H]2CO1.Cl. The Morgan fingerprint density at radius 1 is 1.30 bits per heavy atom. The normalized spacial score (nSPS) is 34.2. The quantitative estimate of drug-likeness (QED) is 0.865. The van der Waals surface area contributed by atoms with Gasteiger partial charge in [-0.15, -0.1) is 12.4 Å². The van der Waals surface area contributed by atoms with E-state index in [1.807, 2.05) is 0 Å². The highest BCUT2D eigenvalue weighted by Crippen LogP contribution is 2.29. The molecular formula is C15H27ClN2O2. The average Bonchev–Trinajstić information content (AvgIpc) is 2.66. The van der Waals surface area contributed by atoms with Crippen molar-refractivity contribution in [2.24, 2.45) is 11.8 Å². The lowest BCUT2D eigenvalue weighted by Crippen LogP contribution is -2.48. The number of amides is 1. The first-order valence-electron chi connectivity index (χ1n) is 7.79. The fourth-order valence-corrected chi connectivity index (χ4v) is 3.40. The molecule has 1 N–H and O–H groups in total. The number of nitrogens with zero attached hydrogens (tertiary/aromatic N) is 1. The fourth-order valence-electron chi connectivity index (χ4n) is 3.40. The van der Waals surface area contributed by atoms with Gasteiger partial charge in [0.1, 0.15) is 0 Å². The van der Waals surface area contributed by atoms with E-state index in [1.165, 1.54) is 6.42 Å². The smallest absolute Gasteiger partial charge is 0.223 e. The summed E-state index contributed by atoms with van der Waals surface area (Å²) in [6.07, 6.45) is 4.82. The standard InChI is InChI=1S/C15H26N2O2.ClH/c1-10(2)14-8-17-7-12(6-13(17)9-19-14)16-15(18)11-4-3-5-11;/h10-14H,3-9H2,1-2H3,(H,16,18);1H/t12-,13-,14-;/m0./s1. The number of rotatable bonds is 3. The number of hydrogen-bond donors (Lipinski definition) is 1. The largest absolute Gasteiger partial charge is 0.375 e. The van der Waals surface area contributed by atoms with Crippen LogP contribution in [-0.2, 0) is 9.53 Å². The van der Waals surface area contributed by atoms with Gasteiger partial charge in [0.15, 0.2) is 0 Å². The van der Waals surface area contributed by atoms with Gasteiger partial charge in [-0.3, -0.25) is 9.69 Å². The van der Waals surface area contributed by atoms with Gasteiger partial charge in [0.2, 0.25) is 5.91 Å². The van der Waals surface area contributed by atoms with Gasteiger partial charge in [-0.2, -0.15) is 0 Å². The van der Waals surface area contributed by atoms with E-state index in [0.29, 0.717) is 30.0 Å². The van der Waals surface area contributed by atoms with Gasteiger partial charge in [0.05, 0.1) is 12.7 Å². The number of ether oxygens (including phenoxy) is 1. The van der Waals surface area contributed by atoms with Gasteiger partial charge >= 0.3 is 0 Å². The third kappa shape index (κ3) is 3.29. The number of hydrogen-bond acceptors (Lipinski definition) is 3. The summed E-state index contributed by atoms with van der Waals surface area (Å²) >= 11 is 0. The first kappa shape index (κ1) is 16.1. The van der Waals surface area contributed by atoms with Gasteiger partial charge in [-0.1, -0.05) is 20.3 Å². The lowest BCUT2D eigenvalue weighted by Gasteiger charge is -2.36. The second kappa shape index (κ2) is 6.63. The zero-order chi connectivity index (χ0) is 13.4. The molecule has 0 aromatic heterocycles. The summed E-state index contributed by atoms with van der Waals surface area (Å²) in [6.45, 7) is 7.31. The molecule has 116 valence electrons. The summed E-state index contributed by atoms with van der Waals surface area (Å²) in [7, 11) is 0. The molecule has 5 heteroatoms. The van der Waals surface area contributed by atoms with Crippen molar-refractivity contribution in [2.75, 3.05) is 19.7 Å². The van der Waals surface area contributed by atoms with Crippen LogP contribution >= 0.6 is 12.4 Å². The van der Waals surface area contributed by atoms with E-state index in [9.17, 15) is 4.79 Å². The minimum atomic E-state index is 0. The minimum Gasteiger partial charge on any atom is -0.375 e. The average molecular weight is 303 g/mol. The lowest BCUT2D eigenvalue weighted by atomic mass is 9.84. The zero-order valence-corrected chi connectivity index (χ0v) is 13.3. The topological polar surface area (TPSA) is 41.6 Å². The maximum Gasteiger partial charge on any atom is 0.223 e. The van der Waals surface area contributed by atoms with Crippen LogP contribution in [0.3, 0.4) is 0 Å². The van der Waals surface area contributed by atoms with Crippen molar-refractivity contribution in [1.29, 1.82) is 0 Å². The Bertz CT molecular complexity index is 347. The highest BCUT2D eigenvalue weighted by atomic mass is 35.5. The molecule has 0 aromatic rings. The molecule has 1 saturated carbocycles. The predicted octanol–water partition coefficient (Wildman–Crippen LogP) is 1.82. The molecule has 0 aromatic carbocycles. The fraction of sp³-hybridized carbons (Fsp3) is 0.933. The van der Waals surface area contributed by atoms with Crippen LogP contribution < -0.4 is 5.32 Å². The Morgan fingerprint density at radius 3 is 2.65 bits per heavy atom. The molecule has 2 heterocycles. The van der Waals surface area contributed by atoms with E-state index < -0.39 is 0 Å². The molecule has 2 saturated heterocycles. The molecule has 2 aliphatic heterocycles. The number of morpholine rings is 1. The van der Waals surface area contributed by atoms with Crippen LogP contribution in [0.2, 0.25) is 0 Å². The van der Waals surface area contributed by atoms with Gasteiger partial charge in [-0.25, -0.2) is 0 Å². The molecule has 3 atom stereocenters. The second-order valence-corrected chi connectivity index (χ2v) is 6.79. The van der Waals surface area contributed by atoms with E-state index in [-0.39, 0.29) is 18.3 Å². The Kier molecular flexibility index (Phi) is 5.32. The van der Waals surface area contributed by atoms with Crippen molar-refractivity contribution in [1.82, 2.24) is 10.2 Å². The minimum absolute atomic E-state index is 0. The first-order valence-corrected chi connectivity index (χ1v) is 7.79. The first-order chi connectivity index (χ1) is 9.13. The monoisotopic (exact) mass is 302 g/mol. The molecule has 0 unspecified atom stereocenters. The summed E-state index contributed by atoms with van der Waals surface area (Å²) in [6, 6.07) is 0.856. The van der Waals surface area contributed by atoms with Gasteiger partial charge in [0, 0.05) is 31.1 Å². The van der Waals surface area contributed by atoms with E-state index in [0.717, 1.165) is 39.0 Å². The third-order valence-corrected chi connectivity index (χ3v) is 5.01.